The van der Waals surface area contributed by atoms with Crippen LogP contribution in [0.2, 0.25) is 0 Å². The van der Waals surface area contributed by atoms with Crippen molar-refractivity contribution < 1.29 is 18.7 Å². The van der Waals surface area contributed by atoms with Crippen molar-refractivity contribution in [1.29, 1.82) is 0 Å². The molecular formula is C23H30N8O4S. The molecular weight excluding hydrogens is 484 g/mol. The zero-order valence-electron chi connectivity index (χ0n) is 20.3. The lowest BCUT2D eigenvalue weighted by Crippen LogP contribution is -2.47. The van der Waals surface area contributed by atoms with Gasteiger partial charge in [0.1, 0.15) is 10.7 Å². The van der Waals surface area contributed by atoms with Gasteiger partial charge in [-0.2, -0.15) is 9.97 Å². The highest BCUT2D eigenvalue weighted by Gasteiger charge is 2.24. The van der Waals surface area contributed by atoms with Crippen LogP contribution in [-0.4, -0.2) is 84.2 Å². The number of nitrogens with one attached hydrogen (secondary N) is 1. The molecule has 0 atom stereocenters. The molecule has 0 bridgehead atoms. The Morgan fingerprint density at radius 2 is 1.86 bits per heavy atom. The van der Waals surface area contributed by atoms with E-state index in [9.17, 15) is 4.79 Å². The van der Waals surface area contributed by atoms with Gasteiger partial charge in [0, 0.05) is 32.4 Å². The number of rotatable bonds is 11. The lowest BCUT2D eigenvalue weighted by atomic mass is 10.2. The molecule has 0 saturated carbocycles. The van der Waals surface area contributed by atoms with Gasteiger partial charge in [0.2, 0.25) is 17.7 Å². The molecule has 3 aromatic heterocycles. The summed E-state index contributed by atoms with van der Waals surface area (Å²) in [5, 5.41) is 3.06. The van der Waals surface area contributed by atoms with E-state index >= 15 is 0 Å². The van der Waals surface area contributed by atoms with E-state index in [0.29, 0.717) is 33.6 Å². The number of hydrogen-bond donors (Lipinski definition) is 2. The molecule has 0 unspecified atom stereocenters. The van der Waals surface area contributed by atoms with Crippen LogP contribution in [0.5, 0.6) is 11.8 Å². The molecule has 192 valence electrons. The number of nitrogens with zero attached hydrogens (tertiary/aromatic N) is 6. The van der Waals surface area contributed by atoms with Crippen LogP contribution in [0.25, 0.3) is 0 Å². The van der Waals surface area contributed by atoms with Crippen LogP contribution in [0.4, 0.5) is 11.8 Å². The first-order valence-corrected chi connectivity index (χ1v) is 12.5. The molecule has 13 heteroatoms. The van der Waals surface area contributed by atoms with Gasteiger partial charge in [0.05, 0.1) is 20.5 Å². The van der Waals surface area contributed by atoms with Crippen molar-refractivity contribution in [2.24, 2.45) is 5.73 Å². The summed E-state index contributed by atoms with van der Waals surface area (Å²) < 4.78 is 16.3. The molecule has 1 saturated heterocycles. The number of carbonyl (C=O) groups excluding carboxylic acids is 1. The maximum atomic E-state index is 12.3. The molecule has 12 nitrogen and oxygen atoms in total. The zero-order chi connectivity index (χ0) is 25.3. The van der Waals surface area contributed by atoms with Crippen molar-refractivity contribution in [2.75, 3.05) is 63.7 Å². The monoisotopic (exact) mass is 514 g/mol. The molecule has 36 heavy (non-hydrogen) atoms. The van der Waals surface area contributed by atoms with E-state index < -0.39 is 5.91 Å². The zero-order valence-corrected chi connectivity index (χ0v) is 21.2. The Kier molecular flexibility index (Phi) is 8.92. The lowest BCUT2D eigenvalue weighted by Gasteiger charge is -2.34. The number of hydrogen-bond acceptors (Lipinski definition) is 12. The molecule has 1 fully saturated rings. The third-order valence-electron chi connectivity index (χ3n) is 5.58. The van der Waals surface area contributed by atoms with E-state index in [-0.39, 0.29) is 5.76 Å². The van der Waals surface area contributed by atoms with Crippen LogP contribution in [0.1, 0.15) is 23.4 Å². The van der Waals surface area contributed by atoms with Gasteiger partial charge in [-0.15, -0.1) is 0 Å². The van der Waals surface area contributed by atoms with Crippen LogP contribution >= 0.6 is 11.8 Å². The van der Waals surface area contributed by atoms with Crippen molar-refractivity contribution in [3.05, 3.63) is 36.4 Å². The van der Waals surface area contributed by atoms with E-state index in [1.165, 1.54) is 18.0 Å². The molecule has 0 aliphatic carbocycles. The van der Waals surface area contributed by atoms with E-state index in [4.69, 9.17) is 19.6 Å². The first-order chi connectivity index (χ1) is 17.6. The van der Waals surface area contributed by atoms with Crippen molar-refractivity contribution >= 4 is 29.4 Å². The fourth-order valence-electron chi connectivity index (χ4n) is 3.69. The van der Waals surface area contributed by atoms with Gasteiger partial charge in [-0.05, 0) is 55.9 Å². The quantitative estimate of drug-likeness (QED) is 0.286. The molecule has 0 aromatic carbocycles. The Morgan fingerprint density at radius 1 is 1.11 bits per heavy atom. The Morgan fingerprint density at radius 3 is 2.50 bits per heavy atom. The predicted octanol–water partition coefficient (Wildman–Crippen LogP) is 2.14. The number of aromatic nitrogens is 4. The van der Waals surface area contributed by atoms with Crippen molar-refractivity contribution in [2.45, 2.75) is 22.9 Å². The topological polar surface area (TPSA) is 145 Å². The summed E-state index contributed by atoms with van der Waals surface area (Å²) in [5.41, 5.74) is 5.61. The van der Waals surface area contributed by atoms with Crippen molar-refractivity contribution in [1.82, 2.24) is 24.8 Å². The summed E-state index contributed by atoms with van der Waals surface area (Å²) in [7, 11) is 3.09. The third-order valence-corrected chi connectivity index (χ3v) is 6.51. The average molecular weight is 515 g/mol. The summed E-state index contributed by atoms with van der Waals surface area (Å²) in [4.78, 5) is 35.4. The van der Waals surface area contributed by atoms with Crippen LogP contribution < -0.4 is 25.4 Å². The molecule has 1 aliphatic heterocycles. The highest BCUT2D eigenvalue weighted by Crippen LogP contribution is 2.39. The first-order valence-electron chi connectivity index (χ1n) is 11.6. The second kappa shape index (κ2) is 12.5. The number of anilines is 2. The first kappa shape index (κ1) is 25.7. The number of carbonyl (C=O) groups is 1. The summed E-state index contributed by atoms with van der Waals surface area (Å²) in [6.07, 6.45) is 5.13. The maximum absolute atomic E-state index is 12.3. The average Bonchev–Trinajstić information content (AvgIpc) is 3.45. The second-order valence-corrected chi connectivity index (χ2v) is 8.93. The number of nitrogens with two attached hydrogens (primary N) is 1. The minimum Gasteiger partial charge on any atom is -0.480 e. The Hall–Kier alpha value is -3.42. The van der Waals surface area contributed by atoms with Gasteiger partial charge < -0.3 is 29.8 Å². The Labute approximate surface area is 213 Å². The Balaban J connectivity index is 1.47. The number of methoxy groups -OCH3 is 2. The molecule has 3 aromatic rings. The fourth-order valence-corrected chi connectivity index (χ4v) is 4.57. The van der Waals surface area contributed by atoms with Crippen LogP contribution in [-0.2, 0) is 0 Å². The SMILES string of the molecule is COc1nc(N2CCN(CCCCN)CC2)nc(OC)c1Sc1nccc(NC(=O)c2ccco2)n1. The van der Waals surface area contributed by atoms with Crippen LogP contribution in [0.15, 0.2) is 45.1 Å². The summed E-state index contributed by atoms with van der Waals surface area (Å²) in [6, 6.07) is 4.80. The summed E-state index contributed by atoms with van der Waals surface area (Å²) >= 11 is 1.19. The maximum Gasteiger partial charge on any atom is 0.292 e. The summed E-state index contributed by atoms with van der Waals surface area (Å²) in [6.45, 7) is 5.25. The number of amides is 1. The predicted molar refractivity (Wildman–Crippen MR) is 135 cm³/mol. The largest absolute Gasteiger partial charge is 0.480 e. The normalized spacial score (nSPS) is 14.0. The lowest BCUT2D eigenvalue weighted by molar-refractivity contribution is 0.0996. The van der Waals surface area contributed by atoms with Crippen LogP contribution in [0, 0.1) is 0 Å². The molecule has 0 radical (unpaired) electrons. The highest BCUT2D eigenvalue weighted by atomic mass is 32.2. The van der Waals surface area contributed by atoms with Gasteiger partial charge in [-0.3, -0.25) is 9.69 Å². The van der Waals surface area contributed by atoms with E-state index in [0.717, 1.165) is 52.1 Å². The number of ether oxygens (including phenoxy) is 2. The van der Waals surface area contributed by atoms with Crippen molar-refractivity contribution in [3.63, 3.8) is 0 Å². The van der Waals surface area contributed by atoms with Gasteiger partial charge in [0.15, 0.2) is 10.9 Å². The Bertz CT molecular complexity index is 1110. The van der Waals surface area contributed by atoms with E-state index in [2.05, 4.69) is 35.1 Å². The molecule has 1 amide bonds. The summed E-state index contributed by atoms with van der Waals surface area (Å²) in [5.74, 6) is 1.38. The van der Waals surface area contributed by atoms with E-state index in [1.54, 1.807) is 38.6 Å². The van der Waals surface area contributed by atoms with Gasteiger partial charge in [-0.1, -0.05) is 0 Å². The van der Waals surface area contributed by atoms with Crippen LogP contribution in [0.3, 0.4) is 0 Å². The highest BCUT2D eigenvalue weighted by molar-refractivity contribution is 7.99. The van der Waals surface area contributed by atoms with E-state index in [1.807, 2.05) is 0 Å². The number of furan rings is 1. The third kappa shape index (κ3) is 6.42. The standard InChI is InChI=1S/C23H30N8O4S/c1-33-20-18(36-23-25-9-7-17(27-23)26-19(32)16-6-5-15-35-16)21(34-2)29-22(28-20)31-13-11-30(12-14-31)10-4-3-8-24/h5-7,9,15H,3-4,8,10-14,24H2,1-2H3,(H,25,26,27,32). The molecule has 0 spiro atoms. The molecule has 4 rings (SSSR count). The molecule has 3 N–H and O–H groups in total. The van der Waals surface area contributed by atoms with Crippen molar-refractivity contribution in [3.8, 4) is 11.8 Å². The molecule has 1 aliphatic rings. The fraction of sp³-hybridized carbons (Fsp3) is 0.435. The minimum atomic E-state index is -0.406. The second-order valence-electron chi connectivity index (χ2n) is 7.95. The van der Waals surface area contributed by atoms with Gasteiger partial charge in [-0.25, -0.2) is 9.97 Å². The van der Waals surface area contributed by atoms with Gasteiger partial charge in [0.25, 0.3) is 5.91 Å². The smallest absolute Gasteiger partial charge is 0.292 e. The number of piperazine rings is 1. The number of unbranched alkanes of at least 4 members (excludes halogenated alkanes) is 1. The van der Waals surface area contributed by atoms with Gasteiger partial charge >= 0.3 is 0 Å². The molecule has 4 heterocycles. The minimum absolute atomic E-state index is 0.187.